The highest BCUT2D eigenvalue weighted by molar-refractivity contribution is 7.98. The van der Waals surface area contributed by atoms with E-state index in [9.17, 15) is 10.1 Å². The van der Waals surface area contributed by atoms with Crippen LogP contribution in [-0.4, -0.2) is 52.9 Å². The molecule has 2 atom stereocenters. The van der Waals surface area contributed by atoms with Gasteiger partial charge in [-0.25, -0.2) is 14.8 Å². The van der Waals surface area contributed by atoms with E-state index < -0.39 is 5.97 Å². The Hall–Kier alpha value is -3.68. The topological polar surface area (TPSA) is 91.6 Å². The molecule has 4 aromatic rings. The van der Waals surface area contributed by atoms with Crippen LogP contribution in [0, 0.1) is 11.3 Å². The molecule has 0 spiro atoms. The number of carbonyl (C=O) groups excluding carboxylic acids is 1. The summed E-state index contributed by atoms with van der Waals surface area (Å²) in [5, 5.41) is 14.7. The second-order valence-electron chi connectivity index (χ2n) is 10.00. The molecule has 208 valence electrons. The Balaban J connectivity index is 1.26. The summed E-state index contributed by atoms with van der Waals surface area (Å²) in [6, 6.07) is 22.9. The molecule has 41 heavy (non-hydrogen) atoms. The zero-order valence-electron chi connectivity index (χ0n) is 22.5. The molecule has 0 amide bonds. The number of aromatic nitrogens is 2. The molecule has 8 nitrogen and oxygen atoms in total. The average molecular weight is 586 g/mol. The van der Waals surface area contributed by atoms with Gasteiger partial charge in [0.2, 0.25) is 0 Å². The van der Waals surface area contributed by atoms with Crippen LogP contribution in [0.1, 0.15) is 39.7 Å². The van der Waals surface area contributed by atoms with Gasteiger partial charge in [0.25, 0.3) is 0 Å². The molecular formula is C31H28ClN5O3S. The first kappa shape index (κ1) is 27.5. The smallest absolute Gasteiger partial charge is 0.357 e. The molecule has 0 N–H and O–H groups in total. The lowest BCUT2D eigenvalue weighted by atomic mass is 9.94. The van der Waals surface area contributed by atoms with Crippen molar-refractivity contribution in [1.29, 1.82) is 5.26 Å². The lowest BCUT2D eigenvalue weighted by Crippen LogP contribution is -2.54. The van der Waals surface area contributed by atoms with Gasteiger partial charge in [-0.3, -0.25) is 0 Å². The third-order valence-electron chi connectivity index (χ3n) is 7.54. The number of ether oxygens (including phenoxy) is 1. The predicted octanol–water partition coefficient (Wildman–Crippen LogP) is 6.00. The summed E-state index contributed by atoms with van der Waals surface area (Å²) < 4.78 is 6.45. The van der Waals surface area contributed by atoms with Crippen molar-refractivity contribution >= 4 is 45.9 Å². The zero-order chi connectivity index (χ0) is 28.3. The van der Waals surface area contributed by atoms with Crippen molar-refractivity contribution in [2.75, 3.05) is 30.8 Å². The number of carbonyl (C=O) groups is 1. The van der Waals surface area contributed by atoms with Crippen molar-refractivity contribution in [3.63, 3.8) is 0 Å². The van der Waals surface area contributed by atoms with E-state index in [0.29, 0.717) is 48.4 Å². The Bertz CT molecular complexity index is 1620. The van der Waals surface area contributed by atoms with Crippen LogP contribution in [-0.2, 0) is 22.6 Å². The number of fused-ring (bicyclic) bond motifs is 2. The predicted molar refractivity (Wildman–Crippen MR) is 159 cm³/mol. The van der Waals surface area contributed by atoms with Gasteiger partial charge in [-0.05, 0) is 35.4 Å². The number of halogens is 1. The van der Waals surface area contributed by atoms with Gasteiger partial charge < -0.3 is 14.5 Å². The number of piperazine rings is 1. The quantitative estimate of drug-likeness (QED) is 0.200. The number of thioether (sulfide) groups is 1. The molecule has 3 heterocycles. The second kappa shape index (κ2) is 12.0. The van der Waals surface area contributed by atoms with E-state index in [1.54, 1.807) is 29.3 Å². The summed E-state index contributed by atoms with van der Waals surface area (Å²) in [4.78, 5) is 30.4. The van der Waals surface area contributed by atoms with Crippen LogP contribution in [0.4, 0.5) is 5.82 Å². The number of hydrogen-bond donors (Lipinski definition) is 0. The van der Waals surface area contributed by atoms with Crippen LogP contribution in [0.15, 0.2) is 71.9 Å². The molecule has 1 aromatic heterocycles. The van der Waals surface area contributed by atoms with Gasteiger partial charge in [0.1, 0.15) is 5.82 Å². The average Bonchev–Trinajstić information content (AvgIpc) is 3.01. The van der Waals surface area contributed by atoms with Gasteiger partial charge in [-0.15, -0.1) is 5.06 Å². The molecule has 6 rings (SSSR count). The Morgan fingerprint density at radius 2 is 1.93 bits per heavy atom. The van der Waals surface area contributed by atoms with Gasteiger partial charge >= 0.3 is 5.97 Å². The molecule has 2 aliphatic rings. The van der Waals surface area contributed by atoms with Crippen molar-refractivity contribution in [1.82, 2.24) is 15.0 Å². The lowest BCUT2D eigenvalue weighted by Gasteiger charge is -2.40. The molecular weight excluding hydrogens is 558 g/mol. The van der Waals surface area contributed by atoms with Crippen molar-refractivity contribution in [2.24, 2.45) is 0 Å². The monoisotopic (exact) mass is 585 g/mol. The summed E-state index contributed by atoms with van der Waals surface area (Å²) in [6.45, 7) is 1.85. The Labute approximate surface area is 247 Å². The van der Waals surface area contributed by atoms with Crippen LogP contribution < -0.4 is 4.90 Å². The standard InChI is InChI=1S/C31H28ClN5O3S/c1-41-31-34-26-17-27(23-11-5-9-20-10-6-12-25(32)28(20)23)39-19-24(26)29(35-31)36-15-16-37(22(18-36)13-14-33)40-30(38)21-7-3-2-4-8-21/h2-12,22,27H,13,15-19H2,1H3/t22-,27?/m0/s1. The fourth-order valence-corrected chi connectivity index (χ4v) is 6.20. The largest absolute Gasteiger partial charge is 0.368 e. The van der Waals surface area contributed by atoms with Crippen molar-refractivity contribution < 1.29 is 14.4 Å². The number of rotatable bonds is 6. The maximum atomic E-state index is 12.7. The molecule has 1 saturated heterocycles. The van der Waals surface area contributed by atoms with E-state index in [0.717, 1.165) is 33.4 Å². The molecule has 1 unspecified atom stereocenters. The first-order valence-electron chi connectivity index (χ1n) is 13.4. The fourth-order valence-electron chi connectivity index (χ4n) is 5.53. The maximum Gasteiger partial charge on any atom is 0.357 e. The van der Waals surface area contributed by atoms with Crippen molar-refractivity contribution in [2.45, 2.75) is 36.8 Å². The number of nitrogens with zero attached hydrogens (tertiary/aromatic N) is 5. The minimum absolute atomic E-state index is 0.191. The van der Waals surface area contributed by atoms with E-state index in [2.05, 4.69) is 29.2 Å². The molecule has 0 aliphatic carbocycles. The third-order valence-corrected chi connectivity index (χ3v) is 8.40. The number of hydrogen-bond acceptors (Lipinski definition) is 9. The summed E-state index contributed by atoms with van der Waals surface area (Å²) in [6.07, 6.45) is 2.58. The third kappa shape index (κ3) is 5.61. The SMILES string of the molecule is CSc1nc2c(c(N3CCN(OC(=O)c4ccccc4)[C@@H](CC#N)C3)n1)COC(c1cccc3cccc(Cl)c13)C2. The normalized spacial score (nSPS) is 19.0. The summed E-state index contributed by atoms with van der Waals surface area (Å²) in [5.41, 5.74) is 3.43. The minimum atomic E-state index is -0.431. The molecule has 0 saturated carbocycles. The lowest BCUT2D eigenvalue weighted by molar-refractivity contribution is -0.140. The minimum Gasteiger partial charge on any atom is -0.368 e. The fraction of sp³-hybridized carbons (Fsp3) is 0.290. The van der Waals surface area contributed by atoms with E-state index >= 15 is 0 Å². The summed E-state index contributed by atoms with van der Waals surface area (Å²) >= 11 is 8.12. The zero-order valence-corrected chi connectivity index (χ0v) is 24.1. The van der Waals surface area contributed by atoms with Gasteiger partial charge in [-0.1, -0.05) is 71.9 Å². The number of benzene rings is 3. The molecule has 0 bridgehead atoms. The first-order valence-corrected chi connectivity index (χ1v) is 15.0. The second-order valence-corrected chi connectivity index (χ2v) is 11.2. The van der Waals surface area contributed by atoms with Crippen LogP contribution >= 0.6 is 23.4 Å². The molecule has 3 aromatic carbocycles. The first-order chi connectivity index (χ1) is 20.1. The maximum absolute atomic E-state index is 12.7. The Kier molecular flexibility index (Phi) is 8.08. The number of hydroxylamine groups is 2. The highest BCUT2D eigenvalue weighted by Gasteiger charge is 2.34. The molecule has 1 fully saturated rings. The molecule has 2 aliphatic heterocycles. The van der Waals surface area contributed by atoms with Gasteiger partial charge in [0.05, 0.1) is 49.0 Å². The van der Waals surface area contributed by atoms with Crippen LogP contribution in [0.25, 0.3) is 10.8 Å². The number of nitriles is 1. The van der Waals surface area contributed by atoms with Crippen LogP contribution in [0.3, 0.4) is 0 Å². The van der Waals surface area contributed by atoms with Gasteiger partial charge in [-0.2, -0.15) is 5.26 Å². The van der Waals surface area contributed by atoms with E-state index in [1.807, 2.05) is 30.5 Å². The summed E-state index contributed by atoms with van der Waals surface area (Å²) in [7, 11) is 0. The number of anilines is 1. The van der Waals surface area contributed by atoms with Gasteiger partial charge in [0, 0.05) is 35.5 Å². The van der Waals surface area contributed by atoms with Crippen LogP contribution in [0.5, 0.6) is 0 Å². The van der Waals surface area contributed by atoms with Crippen LogP contribution in [0.2, 0.25) is 5.02 Å². The van der Waals surface area contributed by atoms with E-state index in [-0.39, 0.29) is 18.6 Å². The van der Waals surface area contributed by atoms with Gasteiger partial charge in [0.15, 0.2) is 5.16 Å². The van der Waals surface area contributed by atoms with Crippen molar-refractivity contribution in [3.05, 3.63) is 94.1 Å². The molecule has 0 radical (unpaired) electrons. The Morgan fingerprint density at radius 1 is 1.12 bits per heavy atom. The summed E-state index contributed by atoms with van der Waals surface area (Å²) in [5.74, 6) is 0.379. The van der Waals surface area contributed by atoms with Crippen molar-refractivity contribution in [3.8, 4) is 6.07 Å². The van der Waals surface area contributed by atoms with E-state index in [4.69, 9.17) is 31.1 Å². The van der Waals surface area contributed by atoms with E-state index in [1.165, 1.54) is 11.8 Å². The Morgan fingerprint density at radius 3 is 2.71 bits per heavy atom. The molecule has 10 heteroatoms. The highest BCUT2D eigenvalue weighted by atomic mass is 35.5. The highest BCUT2D eigenvalue weighted by Crippen LogP contribution is 2.39.